The van der Waals surface area contributed by atoms with Crippen molar-refractivity contribution in [2.45, 2.75) is 61.2 Å². The average Bonchev–Trinajstić information content (AvgIpc) is 3.10. The topological polar surface area (TPSA) is 74.7 Å². The number of hydrogen-bond acceptors (Lipinski definition) is 5. The maximum atomic E-state index is 13.2. The molecule has 0 aliphatic carbocycles. The Morgan fingerprint density at radius 2 is 1.70 bits per heavy atom. The number of rotatable bonds is 6. The van der Waals surface area contributed by atoms with E-state index in [1.54, 1.807) is 10.9 Å². The summed E-state index contributed by atoms with van der Waals surface area (Å²) in [4.78, 5) is 36.2. The van der Waals surface area contributed by atoms with Crippen LogP contribution in [-0.2, 0) is 19.6 Å². The van der Waals surface area contributed by atoms with Crippen LogP contribution in [0.3, 0.4) is 0 Å². The molecule has 0 fully saturated rings. The number of thiazole rings is 1. The maximum Gasteiger partial charge on any atom is 0.333 e. The molecule has 0 radical (unpaired) electrons. The first kappa shape index (κ1) is 19.5. The van der Waals surface area contributed by atoms with E-state index >= 15 is 0 Å². The highest BCUT2D eigenvalue weighted by Crippen LogP contribution is 2.18. The van der Waals surface area contributed by atoms with Gasteiger partial charge in [-0.3, -0.25) is 13.9 Å². The molecule has 3 aromatic heterocycles. The molecular weight excluding hydrogens is 362 g/mol. The summed E-state index contributed by atoms with van der Waals surface area (Å²) in [5.74, 6) is 0.631. The second-order valence-electron chi connectivity index (χ2n) is 7.88. The molecular formula is C19H27N5O2S. The smallest absolute Gasteiger partial charge is 0.324 e. The largest absolute Gasteiger partial charge is 0.333 e. The molecule has 0 aliphatic rings. The van der Waals surface area contributed by atoms with Gasteiger partial charge in [0.15, 0.2) is 11.2 Å². The molecule has 0 N–H and O–H groups in total. The van der Waals surface area contributed by atoms with Crippen LogP contribution >= 0.6 is 11.3 Å². The molecule has 0 bridgehead atoms. The van der Waals surface area contributed by atoms with Crippen molar-refractivity contribution in [3.8, 4) is 0 Å². The van der Waals surface area contributed by atoms with E-state index in [2.05, 4.69) is 37.7 Å². The van der Waals surface area contributed by atoms with Crippen molar-refractivity contribution in [3.05, 3.63) is 42.7 Å². The second-order valence-corrected chi connectivity index (χ2v) is 9.17. The van der Waals surface area contributed by atoms with Gasteiger partial charge in [0.2, 0.25) is 0 Å². The first-order chi connectivity index (χ1) is 12.7. The minimum Gasteiger partial charge on any atom is -0.324 e. The summed E-state index contributed by atoms with van der Waals surface area (Å²) in [6.07, 6.45) is 1.68. The van der Waals surface area contributed by atoms with Gasteiger partial charge in [-0.2, -0.15) is 0 Å². The molecule has 3 aromatic rings. The van der Waals surface area contributed by atoms with Gasteiger partial charge in [0.25, 0.3) is 5.56 Å². The summed E-state index contributed by atoms with van der Waals surface area (Å²) >= 11 is 1.53. The first-order valence-electron chi connectivity index (χ1n) is 9.30. The third kappa shape index (κ3) is 3.76. The number of imidazole rings is 1. The monoisotopic (exact) mass is 389 g/mol. The lowest BCUT2D eigenvalue weighted by Crippen LogP contribution is -2.41. The van der Waals surface area contributed by atoms with E-state index in [1.165, 1.54) is 15.9 Å². The highest BCUT2D eigenvalue weighted by molar-refractivity contribution is 7.11. The Kier molecular flexibility index (Phi) is 5.37. The molecule has 8 heteroatoms. The van der Waals surface area contributed by atoms with Crippen LogP contribution in [0.1, 0.15) is 43.3 Å². The average molecular weight is 390 g/mol. The zero-order chi connectivity index (χ0) is 19.9. The second kappa shape index (κ2) is 7.42. The van der Waals surface area contributed by atoms with Crippen LogP contribution in [-0.4, -0.2) is 23.7 Å². The number of hydrogen-bond donors (Lipinski definition) is 0. The third-order valence-corrected chi connectivity index (χ3v) is 5.45. The van der Waals surface area contributed by atoms with Crippen molar-refractivity contribution in [1.82, 2.24) is 23.7 Å². The molecule has 0 saturated carbocycles. The van der Waals surface area contributed by atoms with Crippen LogP contribution in [0, 0.1) is 25.7 Å². The molecule has 3 rings (SSSR count). The Morgan fingerprint density at radius 1 is 1.04 bits per heavy atom. The highest BCUT2D eigenvalue weighted by Gasteiger charge is 2.20. The predicted octanol–water partition coefficient (Wildman–Crippen LogP) is 2.79. The van der Waals surface area contributed by atoms with Crippen LogP contribution in [0.5, 0.6) is 0 Å². The number of fused-ring (bicyclic) bond motifs is 1. The molecule has 0 aliphatic heterocycles. The van der Waals surface area contributed by atoms with E-state index in [4.69, 9.17) is 0 Å². The third-order valence-electron chi connectivity index (χ3n) is 4.39. The van der Waals surface area contributed by atoms with Gasteiger partial charge in [-0.25, -0.2) is 14.8 Å². The van der Waals surface area contributed by atoms with Crippen LogP contribution in [0.15, 0.2) is 15.9 Å². The molecule has 0 saturated heterocycles. The van der Waals surface area contributed by atoms with Crippen LogP contribution in [0.25, 0.3) is 11.2 Å². The zero-order valence-corrected chi connectivity index (χ0v) is 17.6. The summed E-state index contributed by atoms with van der Waals surface area (Å²) in [5, 5.41) is 0.934. The molecule has 0 atom stereocenters. The molecule has 27 heavy (non-hydrogen) atoms. The molecule has 0 spiro atoms. The highest BCUT2D eigenvalue weighted by atomic mass is 32.1. The van der Waals surface area contributed by atoms with Gasteiger partial charge >= 0.3 is 5.69 Å². The fourth-order valence-corrected chi connectivity index (χ4v) is 4.23. The van der Waals surface area contributed by atoms with E-state index in [-0.39, 0.29) is 23.7 Å². The lowest BCUT2D eigenvalue weighted by Gasteiger charge is -2.14. The molecule has 0 aromatic carbocycles. The number of nitrogens with zero attached hydrogens (tertiary/aromatic N) is 5. The lowest BCUT2D eigenvalue weighted by molar-refractivity contribution is 0.492. The van der Waals surface area contributed by atoms with Gasteiger partial charge in [-0.05, 0) is 25.7 Å². The Balaban J connectivity index is 2.27. The predicted molar refractivity (Wildman–Crippen MR) is 109 cm³/mol. The lowest BCUT2D eigenvalue weighted by atomic mass is 10.2. The van der Waals surface area contributed by atoms with E-state index in [9.17, 15) is 9.59 Å². The van der Waals surface area contributed by atoms with Gasteiger partial charge in [0.1, 0.15) is 0 Å². The normalized spacial score (nSPS) is 12.0. The van der Waals surface area contributed by atoms with Gasteiger partial charge in [0.05, 0.1) is 23.6 Å². The Morgan fingerprint density at radius 3 is 2.26 bits per heavy atom. The van der Waals surface area contributed by atoms with E-state index < -0.39 is 0 Å². The molecule has 7 nitrogen and oxygen atoms in total. The van der Waals surface area contributed by atoms with E-state index in [1.807, 2.05) is 18.4 Å². The number of aryl methyl sites for hydroxylation is 2. The van der Waals surface area contributed by atoms with Crippen molar-refractivity contribution >= 4 is 22.5 Å². The summed E-state index contributed by atoms with van der Waals surface area (Å²) in [7, 11) is 0. The van der Waals surface area contributed by atoms with Crippen LogP contribution < -0.4 is 11.2 Å². The molecule has 0 unspecified atom stereocenters. The first-order valence-corrected chi connectivity index (χ1v) is 10.1. The minimum absolute atomic E-state index is 0.246. The molecule has 0 amide bonds. The van der Waals surface area contributed by atoms with Crippen molar-refractivity contribution in [3.63, 3.8) is 0 Å². The van der Waals surface area contributed by atoms with Gasteiger partial charge in [0, 0.05) is 18.0 Å². The Hall–Kier alpha value is -2.22. The number of aromatic nitrogens is 5. The van der Waals surface area contributed by atoms with Crippen molar-refractivity contribution in [2.24, 2.45) is 11.8 Å². The SMILES string of the molecule is Cc1nc(C)c(Cn2c(=O)c3c(ncn3CC(C)C)n(CC(C)C)c2=O)s1. The van der Waals surface area contributed by atoms with E-state index in [0.717, 1.165) is 15.6 Å². The fourth-order valence-electron chi connectivity index (χ4n) is 3.30. The van der Waals surface area contributed by atoms with Gasteiger partial charge < -0.3 is 4.57 Å². The van der Waals surface area contributed by atoms with Gasteiger partial charge in [-0.1, -0.05) is 27.7 Å². The maximum absolute atomic E-state index is 13.2. The van der Waals surface area contributed by atoms with Crippen molar-refractivity contribution < 1.29 is 0 Å². The van der Waals surface area contributed by atoms with Gasteiger partial charge in [-0.15, -0.1) is 11.3 Å². The summed E-state index contributed by atoms with van der Waals surface area (Å²) in [6.45, 7) is 13.6. The quantitative estimate of drug-likeness (QED) is 0.650. The Bertz CT molecular complexity index is 1080. The summed E-state index contributed by atoms with van der Waals surface area (Å²) in [6, 6.07) is 0. The van der Waals surface area contributed by atoms with Crippen LogP contribution in [0.4, 0.5) is 0 Å². The summed E-state index contributed by atoms with van der Waals surface area (Å²) < 4.78 is 4.85. The zero-order valence-electron chi connectivity index (χ0n) is 16.8. The standard InChI is InChI=1S/C19H27N5O2S/c1-11(2)7-22-10-20-17-16(22)18(25)24(19(26)23(17)8-12(3)4)9-15-13(5)21-14(6)27-15/h10-12H,7-9H2,1-6H3. The minimum atomic E-state index is -0.304. The van der Waals surface area contributed by atoms with Crippen molar-refractivity contribution in [2.75, 3.05) is 0 Å². The van der Waals surface area contributed by atoms with Crippen LogP contribution in [0.2, 0.25) is 0 Å². The van der Waals surface area contributed by atoms with E-state index in [0.29, 0.717) is 30.2 Å². The van der Waals surface area contributed by atoms with Crippen molar-refractivity contribution in [1.29, 1.82) is 0 Å². The molecule has 3 heterocycles. The molecule has 146 valence electrons. The Labute approximate surface area is 162 Å². The summed E-state index contributed by atoms with van der Waals surface area (Å²) in [5.41, 5.74) is 1.27. The fraction of sp³-hybridized carbons (Fsp3) is 0.579.